The lowest BCUT2D eigenvalue weighted by atomic mass is 9.96. The average Bonchev–Trinajstić information content (AvgIpc) is 2.89. The van der Waals surface area contributed by atoms with Crippen LogP contribution < -0.4 is 4.74 Å². The molecule has 8 heteroatoms. The number of rotatable bonds is 6. The van der Waals surface area contributed by atoms with E-state index >= 15 is 0 Å². The summed E-state index contributed by atoms with van der Waals surface area (Å²) in [6.45, 7) is 1.48. The molecule has 0 bridgehead atoms. The number of carbonyl (C=O) groups is 1. The van der Waals surface area contributed by atoms with Gasteiger partial charge in [-0.15, -0.1) is 11.8 Å². The molecule has 0 saturated carbocycles. The second-order valence-corrected chi connectivity index (χ2v) is 9.93. The van der Waals surface area contributed by atoms with Crippen molar-refractivity contribution in [1.82, 2.24) is 4.31 Å². The van der Waals surface area contributed by atoms with Gasteiger partial charge in [-0.25, -0.2) is 8.42 Å². The Hall–Kier alpha value is -2.29. The SMILES string of the molecule is COc1ccc(S(=O)(=O)N2CC=CCC(Sc3ccccc3)C2(C)C(=O)O)cc1. The van der Waals surface area contributed by atoms with Crippen LogP contribution in [0.4, 0.5) is 0 Å². The molecule has 0 aromatic heterocycles. The predicted molar refractivity (Wildman–Crippen MR) is 113 cm³/mol. The molecule has 6 nitrogen and oxygen atoms in total. The van der Waals surface area contributed by atoms with Crippen LogP contribution in [0.3, 0.4) is 0 Å². The molecule has 0 saturated heterocycles. The van der Waals surface area contributed by atoms with Gasteiger partial charge < -0.3 is 9.84 Å². The summed E-state index contributed by atoms with van der Waals surface area (Å²) in [5.74, 6) is -0.648. The molecular weight excluding hydrogens is 410 g/mol. The summed E-state index contributed by atoms with van der Waals surface area (Å²) in [5.41, 5.74) is -1.64. The maximum Gasteiger partial charge on any atom is 0.326 e. The quantitative estimate of drug-likeness (QED) is 0.700. The van der Waals surface area contributed by atoms with Crippen molar-refractivity contribution < 1.29 is 23.1 Å². The van der Waals surface area contributed by atoms with Gasteiger partial charge in [0.1, 0.15) is 11.3 Å². The Bertz CT molecular complexity index is 989. The van der Waals surface area contributed by atoms with Crippen LogP contribution in [-0.4, -0.2) is 48.2 Å². The summed E-state index contributed by atoms with van der Waals surface area (Å²) in [6, 6.07) is 15.4. The number of nitrogens with zero attached hydrogens (tertiary/aromatic N) is 1. The number of carboxylic acid groups (broad SMARTS) is 1. The highest BCUT2D eigenvalue weighted by molar-refractivity contribution is 8.00. The number of sulfonamides is 1. The van der Waals surface area contributed by atoms with Gasteiger partial charge in [-0.05, 0) is 49.7 Å². The van der Waals surface area contributed by atoms with E-state index in [-0.39, 0.29) is 11.4 Å². The van der Waals surface area contributed by atoms with E-state index in [1.165, 1.54) is 37.9 Å². The fourth-order valence-corrected chi connectivity index (χ4v) is 6.36. The summed E-state index contributed by atoms with van der Waals surface area (Å²) >= 11 is 1.38. The Morgan fingerprint density at radius 2 is 1.79 bits per heavy atom. The lowest BCUT2D eigenvalue weighted by Crippen LogP contribution is -2.60. The summed E-state index contributed by atoms with van der Waals surface area (Å²) in [5, 5.41) is 9.66. The van der Waals surface area contributed by atoms with Crippen LogP contribution in [0.25, 0.3) is 0 Å². The summed E-state index contributed by atoms with van der Waals surface area (Å²) < 4.78 is 33.1. The van der Waals surface area contributed by atoms with Crippen LogP contribution in [0, 0.1) is 0 Å². The zero-order valence-electron chi connectivity index (χ0n) is 16.2. The van der Waals surface area contributed by atoms with E-state index < -0.39 is 26.8 Å². The second kappa shape index (κ2) is 8.61. The van der Waals surface area contributed by atoms with Crippen LogP contribution in [0.2, 0.25) is 0 Å². The third-order valence-corrected chi connectivity index (χ3v) is 8.49. The highest BCUT2D eigenvalue weighted by atomic mass is 32.2. The van der Waals surface area contributed by atoms with Gasteiger partial charge in [0.05, 0.1) is 12.0 Å². The van der Waals surface area contributed by atoms with Crippen LogP contribution in [0.15, 0.2) is 76.5 Å². The molecule has 2 atom stereocenters. The van der Waals surface area contributed by atoms with Crippen molar-refractivity contribution in [3.05, 3.63) is 66.7 Å². The number of carboxylic acids is 1. The molecule has 0 aliphatic carbocycles. The topological polar surface area (TPSA) is 83.9 Å². The molecule has 3 rings (SSSR count). The smallest absolute Gasteiger partial charge is 0.326 e. The minimum atomic E-state index is -4.06. The van der Waals surface area contributed by atoms with E-state index in [1.54, 1.807) is 18.2 Å². The molecule has 0 radical (unpaired) electrons. The van der Waals surface area contributed by atoms with E-state index in [0.717, 1.165) is 9.20 Å². The van der Waals surface area contributed by atoms with Crippen molar-refractivity contribution in [1.29, 1.82) is 0 Å². The minimum absolute atomic E-state index is 0.0109. The summed E-state index contributed by atoms with van der Waals surface area (Å²) in [7, 11) is -2.56. The minimum Gasteiger partial charge on any atom is -0.497 e. The molecular formula is C21H23NO5S2. The van der Waals surface area contributed by atoms with E-state index in [1.807, 2.05) is 36.4 Å². The fraction of sp³-hybridized carbons (Fsp3) is 0.286. The largest absolute Gasteiger partial charge is 0.497 e. The molecule has 1 N–H and O–H groups in total. The first-order valence-electron chi connectivity index (χ1n) is 9.07. The van der Waals surface area contributed by atoms with Gasteiger partial charge in [-0.1, -0.05) is 30.4 Å². The van der Waals surface area contributed by atoms with Crippen molar-refractivity contribution in [3.63, 3.8) is 0 Å². The molecule has 2 aromatic rings. The van der Waals surface area contributed by atoms with Gasteiger partial charge in [0, 0.05) is 16.7 Å². The van der Waals surface area contributed by atoms with Crippen molar-refractivity contribution >= 4 is 27.8 Å². The number of thioether (sulfide) groups is 1. The second-order valence-electron chi connectivity index (χ2n) is 6.79. The lowest BCUT2D eigenvalue weighted by molar-refractivity contribution is -0.147. The highest BCUT2D eigenvalue weighted by Gasteiger charge is 2.52. The van der Waals surface area contributed by atoms with E-state index in [4.69, 9.17) is 4.74 Å². The van der Waals surface area contributed by atoms with Gasteiger partial charge in [-0.2, -0.15) is 4.31 Å². The number of benzene rings is 2. The van der Waals surface area contributed by atoms with Crippen LogP contribution >= 0.6 is 11.8 Å². The molecule has 29 heavy (non-hydrogen) atoms. The normalized spacial score (nSPS) is 22.8. The van der Waals surface area contributed by atoms with Gasteiger partial charge in [-0.3, -0.25) is 4.79 Å². The molecule has 0 fully saturated rings. The van der Waals surface area contributed by atoms with E-state index in [9.17, 15) is 18.3 Å². The van der Waals surface area contributed by atoms with Crippen molar-refractivity contribution in [2.24, 2.45) is 0 Å². The van der Waals surface area contributed by atoms with E-state index in [0.29, 0.717) is 12.2 Å². The molecule has 154 valence electrons. The van der Waals surface area contributed by atoms with Gasteiger partial charge >= 0.3 is 5.97 Å². The first kappa shape index (κ1) is 21.4. The Morgan fingerprint density at radius 3 is 2.38 bits per heavy atom. The van der Waals surface area contributed by atoms with Gasteiger partial charge in [0.15, 0.2) is 0 Å². The lowest BCUT2D eigenvalue weighted by Gasteiger charge is -2.40. The Labute approximate surface area is 175 Å². The molecule has 0 spiro atoms. The van der Waals surface area contributed by atoms with Gasteiger partial charge in [0.25, 0.3) is 0 Å². The Balaban J connectivity index is 2.05. The maximum atomic E-state index is 13.4. The van der Waals surface area contributed by atoms with Crippen molar-refractivity contribution in [3.8, 4) is 5.75 Å². The predicted octanol–water partition coefficient (Wildman–Crippen LogP) is 3.65. The molecule has 1 heterocycles. The molecule has 1 aliphatic rings. The highest BCUT2D eigenvalue weighted by Crippen LogP contribution is 2.40. The maximum absolute atomic E-state index is 13.4. The summed E-state index contributed by atoms with van der Waals surface area (Å²) in [4.78, 5) is 13.4. The zero-order chi connectivity index (χ0) is 21.1. The zero-order valence-corrected chi connectivity index (χ0v) is 17.8. The molecule has 2 aromatic carbocycles. The number of allylic oxidation sites excluding steroid dienone is 1. The number of hydrogen-bond acceptors (Lipinski definition) is 5. The number of aliphatic carboxylic acids is 1. The Kier molecular flexibility index (Phi) is 6.36. The van der Waals surface area contributed by atoms with Crippen LogP contribution in [-0.2, 0) is 14.8 Å². The monoisotopic (exact) mass is 433 g/mol. The Morgan fingerprint density at radius 1 is 1.14 bits per heavy atom. The third-order valence-electron chi connectivity index (χ3n) is 5.04. The van der Waals surface area contributed by atoms with Gasteiger partial charge in [0.2, 0.25) is 10.0 Å². The standard InChI is InChI=1S/C21H23NO5S2/c1-21(20(23)24)19(28-17-8-4-3-5-9-17)10-6-7-15-22(21)29(25,26)18-13-11-16(27-2)12-14-18/h3-9,11-14,19H,10,15H2,1-2H3,(H,23,24). The third kappa shape index (κ3) is 4.19. The van der Waals surface area contributed by atoms with Crippen molar-refractivity contribution in [2.45, 2.75) is 33.9 Å². The molecule has 0 amide bonds. The van der Waals surface area contributed by atoms with Crippen molar-refractivity contribution in [2.75, 3.05) is 13.7 Å². The average molecular weight is 434 g/mol. The number of ether oxygens (including phenoxy) is 1. The fourth-order valence-electron chi connectivity index (χ4n) is 3.26. The molecule has 2 unspecified atom stereocenters. The van der Waals surface area contributed by atoms with Crippen LogP contribution in [0.1, 0.15) is 13.3 Å². The first-order valence-corrected chi connectivity index (χ1v) is 11.4. The van der Waals surface area contributed by atoms with E-state index in [2.05, 4.69) is 0 Å². The summed E-state index contributed by atoms with van der Waals surface area (Å²) in [6.07, 6.45) is 4.01. The number of methoxy groups -OCH3 is 1. The molecule has 1 aliphatic heterocycles. The first-order chi connectivity index (χ1) is 13.8. The van der Waals surface area contributed by atoms with Crippen LogP contribution in [0.5, 0.6) is 5.75 Å². The number of hydrogen-bond donors (Lipinski definition) is 1.